The van der Waals surface area contributed by atoms with Crippen molar-refractivity contribution < 1.29 is 5.11 Å². The zero-order valence-corrected chi connectivity index (χ0v) is 12.5. The summed E-state index contributed by atoms with van der Waals surface area (Å²) < 4.78 is 0. The molecule has 106 valence electrons. The molecule has 20 heavy (non-hydrogen) atoms. The molecule has 2 rings (SSSR count). The van der Waals surface area contributed by atoms with Gasteiger partial charge in [-0.2, -0.15) is 0 Å². The highest BCUT2D eigenvalue weighted by molar-refractivity contribution is 5.38. The Morgan fingerprint density at radius 2 is 1.55 bits per heavy atom. The fourth-order valence-electron chi connectivity index (χ4n) is 2.68. The molecule has 0 aliphatic heterocycles. The smallest absolute Gasteiger partial charge is 0.0775 e. The first-order valence-corrected chi connectivity index (χ1v) is 7.03. The molecule has 0 fully saturated rings. The molecular weight excluding hydrogens is 246 g/mol. The maximum Gasteiger partial charge on any atom is 0.0775 e. The third kappa shape index (κ3) is 3.47. The van der Waals surface area contributed by atoms with E-state index in [0.29, 0.717) is 6.54 Å². The molecule has 0 spiro atoms. The van der Waals surface area contributed by atoms with Crippen molar-refractivity contribution in [3.8, 4) is 0 Å². The Balaban J connectivity index is 2.42. The van der Waals surface area contributed by atoms with Gasteiger partial charge in [-0.25, -0.2) is 0 Å². The molecule has 2 heteroatoms. The van der Waals surface area contributed by atoms with Crippen molar-refractivity contribution in [3.05, 3.63) is 71.3 Å². The number of likely N-dealkylation sites (N-methyl/N-ethyl adjacent to an activating group) is 1. The molecule has 0 aliphatic rings. The van der Waals surface area contributed by atoms with Crippen LogP contribution in [-0.2, 0) is 0 Å². The summed E-state index contributed by atoms with van der Waals surface area (Å²) in [5.74, 6) is 0.0137. The number of rotatable bonds is 5. The van der Waals surface area contributed by atoms with E-state index in [1.807, 2.05) is 49.3 Å². The van der Waals surface area contributed by atoms with Crippen molar-refractivity contribution in [2.24, 2.45) is 0 Å². The predicted octanol–water partition coefficient (Wildman–Crippen LogP) is 3.05. The molecule has 0 aliphatic carbocycles. The summed E-state index contributed by atoms with van der Waals surface area (Å²) in [7, 11) is 3.98. The first-order chi connectivity index (χ1) is 9.59. The van der Waals surface area contributed by atoms with E-state index in [1.165, 1.54) is 11.1 Å². The van der Waals surface area contributed by atoms with Crippen LogP contribution < -0.4 is 0 Å². The van der Waals surface area contributed by atoms with Gasteiger partial charge in [-0.05, 0) is 37.7 Å². The zero-order valence-electron chi connectivity index (χ0n) is 12.5. The third-order valence-corrected chi connectivity index (χ3v) is 3.62. The number of nitrogens with zero attached hydrogens (tertiary/aromatic N) is 1. The molecule has 0 radical (unpaired) electrons. The van der Waals surface area contributed by atoms with Crippen molar-refractivity contribution in [2.45, 2.75) is 18.9 Å². The van der Waals surface area contributed by atoms with Crippen LogP contribution in [-0.4, -0.2) is 36.8 Å². The van der Waals surface area contributed by atoms with Gasteiger partial charge in [0.05, 0.1) is 6.10 Å². The zero-order chi connectivity index (χ0) is 14.5. The minimum absolute atomic E-state index is 0.0137. The second kappa shape index (κ2) is 6.69. The van der Waals surface area contributed by atoms with Gasteiger partial charge >= 0.3 is 0 Å². The van der Waals surface area contributed by atoms with Crippen LogP contribution in [0.4, 0.5) is 0 Å². The lowest BCUT2D eigenvalue weighted by Crippen LogP contribution is -2.32. The van der Waals surface area contributed by atoms with Crippen LogP contribution in [0.25, 0.3) is 0 Å². The Kier molecular flexibility index (Phi) is 4.94. The van der Waals surface area contributed by atoms with Crippen molar-refractivity contribution in [1.29, 1.82) is 0 Å². The molecular formula is C18H23NO. The van der Waals surface area contributed by atoms with Crippen LogP contribution in [0.3, 0.4) is 0 Å². The van der Waals surface area contributed by atoms with Gasteiger partial charge in [0, 0.05) is 12.5 Å². The summed E-state index contributed by atoms with van der Waals surface area (Å²) in [6.45, 7) is 2.75. The topological polar surface area (TPSA) is 23.5 Å². The second-order valence-electron chi connectivity index (χ2n) is 5.57. The van der Waals surface area contributed by atoms with Gasteiger partial charge < -0.3 is 10.0 Å². The molecule has 2 aromatic rings. The molecule has 2 atom stereocenters. The van der Waals surface area contributed by atoms with Gasteiger partial charge in [0.2, 0.25) is 0 Å². The first-order valence-electron chi connectivity index (χ1n) is 7.03. The van der Waals surface area contributed by atoms with Crippen molar-refractivity contribution in [2.75, 3.05) is 20.6 Å². The summed E-state index contributed by atoms with van der Waals surface area (Å²) in [6, 6.07) is 18.6. The molecule has 0 saturated carbocycles. The van der Waals surface area contributed by atoms with Crippen molar-refractivity contribution in [3.63, 3.8) is 0 Å². The van der Waals surface area contributed by atoms with E-state index < -0.39 is 6.10 Å². The number of hydrogen-bond donors (Lipinski definition) is 1. The first kappa shape index (κ1) is 14.8. The maximum atomic E-state index is 10.7. The average molecular weight is 269 g/mol. The number of aliphatic hydroxyl groups is 1. The molecule has 0 amide bonds. The van der Waals surface area contributed by atoms with E-state index in [-0.39, 0.29) is 5.92 Å². The quantitative estimate of drug-likeness (QED) is 0.902. The number of hydrogen-bond acceptors (Lipinski definition) is 2. The SMILES string of the molecule is Cc1ccccc1[C@H](c1ccccc1)[C@H](O)CN(C)C. The fraction of sp³-hybridized carbons (Fsp3) is 0.333. The van der Waals surface area contributed by atoms with Crippen LogP contribution in [0.15, 0.2) is 54.6 Å². The van der Waals surface area contributed by atoms with Gasteiger partial charge in [-0.15, -0.1) is 0 Å². The molecule has 2 aromatic carbocycles. The highest BCUT2D eigenvalue weighted by Gasteiger charge is 2.24. The van der Waals surface area contributed by atoms with Crippen LogP contribution in [0.5, 0.6) is 0 Å². The lowest BCUT2D eigenvalue weighted by atomic mass is 9.84. The predicted molar refractivity (Wildman–Crippen MR) is 84.0 cm³/mol. The molecule has 1 N–H and O–H groups in total. The van der Waals surface area contributed by atoms with Crippen LogP contribution in [0, 0.1) is 6.92 Å². The van der Waals surface area contributed by atoms with Gasteiger partial charge in [-0.1, -0.05) is 54.6 Å². The van der Waals surface area contributed by atoms with Gasteiger partial charge in [0.1, 0.15) is 0 Å². The van der Waals surface area contributed by atoms with Crippen LogP contribution >= 0.6 is 0 Å². The van der Waals surface area contributed by atoms with E-state index >= 15 is 0 Å². The van der Waals surface area contributed by atoms with E-state index in [0.717, 1.165) is 5.56 Å². The molecule has 0 unspecified atom stereocenters. The minimum atomic E-state index is -0.423. The summed E-state index contributed by atoms with van der Waals surface area (Å²) in [5, 5.41) is 10.7. The second-order valence-corrected chi connectivity index (χ2v) is 5.57. The van der Waals surface area contributed by atoms with Crippen LogP contribution in [0.2, 0.25) is 0 Å². The summed E-state index contributed by atoms with van der Waals surface area (Å²) in [5.41, 5.74) is 3.59. The Bertz CT molecular complexity index is 536. The summed E-state index contributed by atoms with van der Waals surface area (Å²) in [4.78, 5) is 2.03. The largest absolute Gasteiger partial charge is 0.391 e. The Labute approximate surface area is 121 Å². The normalized spacial score (nSPS) is 14.2. The van der Waals surface area contributed by atoms with Gasteiger partial charge in [0.25, 0.3) is 0 Å². The van der Waals surface area contributed by atoms with E-state index in [2.05, 4.69) is 31.2 Å². The van der Waals surface area contributed by atoms with Gasteiger partial charge in [-0.3, -0.25) is 0 Å². The van der Waals surface area contributed by atoms with Crippen molar-refractivity contribution in [1.82, 2.24) is 4.90 Å². The minimum Gasteiger partial charge on any atom is -0.391 e. The number of aliphatic hydroxyl groups excluding tert-OH is 1. The molecule has 2 nitrogen and oxygen atoms in total. The third-order valence-electron chi connectivity index (χ3n) is 3.62. The van der Waals surface area contributed by atoms with E-state index in [9.17, 15) is 5.11 Å². The number of benzene rings is 2. The molecule has 0 aromatic heterocycles. The monoisotopic (exact) mass is 269 g/mol. The highest BCUT2D eigenvalue weighted by atomic mass is 16.3. The Hall–Kier alpha value is -1.64. The van der Waals surface area contributed by atoms with E-state index in [4.69, 9.17) is 0 Å². The standard InChI is InChI=1S/C18H23NO/c1-14-9-7-8-12-16(14)18(17(20)13-19(2)3)15-10-5-4-6-11-15/h4-12,17-18,20H,13H2,1-3H3/t17-,18+/m1/s1. The Morgan fingerprint density at radius 1 is 0.950 bits per heavy atom. The summed E-state index contributed by atoms with van der Waals surface area (Å²) >= 11 is 0. The molecule has 0 heterocycles. The molecule has 0 bridgehead atoms. The number of aryl methyl sites for hydroxylation is 1. The van der Waals surface area contributed by atoms with Gasteiger partial charge in [0.15, 0.2) is 0 Å². The van der Waals surface area contributed by atoms with Crippen molar-refractivity contribution >= 4 is 0 Å². The lowest BCUT2D eigenvalue weighted by molar-refractivity contribution is 0.121. The lowest BCUT2D eigenvalue weighted by Gasteiger charge is -2.27. The summed E-state index contributed by atoms with van der Waals surface area (Å²) in [6.07, 6.45) is -0.423. The fourth-order valence-corrected chi connectivity index (χ4v) is 2.68. The average Bonchev–Trinajstić information content (AvgIpc) is 2.42. The van der Waals surface area contributed by atoms with E-state index in [1.54, 1.807) is 0 Å². The maximum absolute atomic E-state index is 10.7. The molecule has 0 saturated heterocycles. The highest BCUT2D eigenvalue weighted by Crippen LogP contribution is 2.30. The van der Waals surface area contributed by atoms with Crippen LogP contribution in [0.1, 0.15) is 22.6 Å². The Morgan fingerprint density at radius 3 is 2.15 bits per heavy atom.